The van der Waals surface area contributed by atoms with Crippen LogP contribution in [0.15, 0.2) is 0 Å². The van der Waals surface area contributed by atoms with Crippen LogP contribution in [0.25, 0.3) is 0 Å². The van der Waals surface area contributed by atoms with Gasteiger partial charge in [-0.25, -0.2) is 0 Å². The molecule has 0 aromatic carbocycles. The highest BCUT2D eigenvalue weighted by atomic mass is 14.8. The molecule has 4 unspecified atom stereocenters. The van der Waals surface area contributed by atoms with Gasteiger partial charge in [-0.3, -0.25) is 0 Å². The molecule has 8 bridgehead atoms. The first-order chi connectivity index (χ1) is 8.77. The fourth-order valence-corrected chi connectivity index (χ4v) is 9.22. The van der Waals surface area contributed by atoms with Crippen molar-refractivity contribution in [2.24, 2.45) is 46.3 Å². The predicted molar refractivity (Wildman–Crippen MR) is 72.0 cm³/mol. The molecule has 0 amide bonds. The lowest BCUT2D eigenvalue weighted by Crippen LogP contribution is -2.69. The van der Waals surface area contributed by atoms with E-state index >= 15 is 0 Å². The van der Waals surface area contributed by atoms with Crippen molar-refractivity contribution >= 4 is 0 Å². The SMILES string of the molecule is C1C2CC3CC1CC1(C2)C2CC4CC(C2)CC31C4. The summed E-state index contributed by atoms with van der Waals surface area (Å²) in [7, 11) is 0. The summed E-state index contributed by atoms with van der Waals surface area (Å²) >= 11 is 0. The van der Waals surface area contributed by atoms with Gasteiger partial charge in [0.2, 0.25) is 0 Å². The molecule has 18 heavy (non-hydrogen) atoms. The second kappa shape index (κ2) is 2.72. The van der Waals surface area contributed by atoms with E-state index in [1.54, 1.807) is 64.2 Å². The lowest BCUT2D eigenvalue weighted by molar-refractivity contribution is -0.283. The average Bonchev–Trinajstić information content (AvgIpc) is 2.32. The van der Waals surface area contributed by atoms with Crippen LogP contribution in [0.2, 0.25) is 0 Å². The topological polar surface area (TPSA) is 0 Å². The predicted octanol–water partition coefficient (Wildman–Crippen LogP) is 4.64. The first-order valence-electron chi connectivity index (χ1n) is 8.77. The van der Waals surface area contributed by atoms with Gasteiger partial charge >= 0.3 is 0 Å². The van der Waals surface area contributed by atoms with Crippen molar-refractivity contribution in [2.45, 2.75) is 64.2 Å². The lowest BCUT2D eigenvalue weighted by atomic mass is 9.27. The zero-order valence-corrected chi connectivity index (χ0v) is 11.5. The van der Waals surface area contributed by atoms with E-state index in [-0.39, 0.29) is 0 Å². The van der Waals surface area contributed by atoms with Gasteiger partial charge in [0, 0.05) is 0 Å². The molecule has 8 aliphatic carbocycles. The van der Waals surface area contributed by atoms with Gasteiger partial charge in [0.15, 0.2) is 0 Å². The summed E-state index contributed by atoms with van der Waals surface area (Å²) in [5.74, 6) is 7.07. The van der Waals surface area contributed by atoms with Gasteiger partial charge in [0.05, 0.1) is 0 Å². The van der Waals surface area contributed by atoms with Gasteiger partial charge in [-0.05, 0) is 111 Å². The maximum Gasteiger partial charge on any atom is -0.0204 e. The standard InChI is InChI=1S/C18H26/c1-11-3-15-4-12(1)8-17(7-11)16-5-13-2-14(6-16)10-18(15,17)9-13/h11-16H,1-10H2. The molecular formula is C18H26. The minimum absolute atomic E-state index is 0.898. The van der Waals surface area contributed by atoms with Gasteiger partial charge in [-0.2, -0.15) is 0 Å². The molecule has 4 atom stereocenters. The van der Waals surface area contributed by atoms with Crippen LogP contribution in [0.1, 0.15) is 64.2 Å². The third-order valence-corrected chi connectivity index (χ3v) is 8.97. The minimum Gasteiger partial charge on any atom is -0.0475 e. The summed E-state index contributed by atoms with van der Waals surface area (Å²) in [5, 5.41) is 0. The highest BCUT2D eigenvalue weighted by Gasteiger charge is 2.72. The molecule has 0 aromatic heterocycles. The van der Waals surface area contributed by atoms with Crippen molar-refractivity contribution in [3.05, 3.63) is 0 Å². The van der Waals surface area contributed by atoms with Gasteiger partial charge in [-0.1, -0.05) is 0 Å². The van der Waals surface area contributed by atoms with Crippen LogP contribution >= 0.6 is 0 Å². The second-order valence-electron chi connectivity index (χ2n) is 9.40. The fraction of sp³-hybridized carbons (Fsp3) is 1.00. The Kier molecular flexibility index (Phi) is 1.49. The Morgan fingerprint density at radius 1 is 0.444 bits per heavy atom. The second-order valence-corrected chi connectivity index (χ2v) is 9.40. The normalized spacial score (nSPS) is 70.7. The molecule has 0 saturated heterocycles. The number of hydrogen-bond donors (Lipinski definition) is 0. The summed E-state index contributed by atoms with van der Waals surface area (Å²) < 4.78 is 0. The summed E-state index contributed by atoms with van der Waals surface area (Å²) in [6, 6.07) is 0. The molecule has 8 aliphatic rings. The molecule has 0 heterocycles. The van der Waals surface area contributed by atoms with Crippen LogP contribution in [0, 0.1) is 46.3 Å². The van der Waals surface area contributed by atoms with Gasteiger partial charge in [-0.15, -0.1) is 0 Å². The third-order valence-electron chi connectivity index (χ3n) is 8.97. The molecule has 98 valence electrons. The summed E-state index contributed by atoms with van der Waals surface area (Å²) in [6.07, 6.45) is 16.6. The highest BCUT2D eigenvalue weighted by Crippen LogP contribution is 2.81. The van der Waals surface area contributed by atoms with E-state index in [0.29, 0.717) is 0 Å². The van der Waals surface area contributed by atoms with Crippen molar-refractivity contribution in [2.75, 3.05) is 0 Å². The Morgan fingerprint density at radius 2 is 0.778 bits per heavy atom. The fourth-order valence-electron chi connectivity index (χ4n) is 9.22. The van der Waals surface area contributed by atoms with E-state index in [4.69, 9.17) is 0 Å². The van der Waals surface area contributed by atoms with Crippen LogP contribution in [0.3, 0.4) is 0 Å². The van der Waals surface area contributed by atoms with Gasteiger partial charge < -0.3 is 0 Å². The third kappa shape index (κ3) is 0.852. The Labute approximate surface area is 111 Å². The van der Waals surface area contributed by atoms with Crippen molar-refractivity contribution in [1.29, 1.82) is 0 Å². The van der Waals surface area contributed by atoms with Crippen LogP contribution < -0.4 is 0 Å². The van der Waals surface area contributed by atoms with Crippen molar-refractivity contribution in [3.8, 4) is 0 Å². The highest BCUT2D eigenvalue weighted by molar-refractivity contribution is 5.21. The molecule has 0 radical (unpaired) electrons. The quantitative estimate of drug-likeness (QED) is 0.580. The maximum absolute atomic E-state index is 1.68. The molecule has 8 saturated carbocycles. The van der Waals surface area contributed by atoms with Crippen molar-refractivity contribution in [1.82, 2.24) is 0 Å². The smallest absolute Gasteiger partial charge is 0.0204 e. The maximum atomic E-state index is 1.68. The lowest BCUT2D eigenvalue weighted by Gasteiger charge is -2.78. The van der Waals surface area contributed by atoms with Crippen LogP contribution in [0.4, 0.5) is 0 Å². The summed E-state index contributed by atoms with van der Waals surface area (Å²) in [5.41, 5.74) is 1.80. The van der Waals surface area contributed by atoms with E-state index < -0.39 is 0 Å². The van der Waals surface area contributed by atoms with Gasteiger partial charge in [0.1, 0.15) is 0 Å². The molecular weight excluding hydrogens is 216 g/mol. The average molecular weight is 242 g/mol. The van der Waals surface area contributed by atoms with E-state index in [1.807, 2.05) is 0 Å². The van der Waals surface area contributed by atoms with E-state index in [0.717, 1.165) is 10.8 Å². The Bertz CT molecular complexity index is 354. The van der Waals surface area contributed by atoms with Crippen molar-refractivity contribution < 1.29 is 0 Å². The monoisotopic (exact) mass is 242 g/mol. The van der Waals surface area contributed by atoms with E-state index in [1.165, 1.54) is 35.5 Å². The Hall–Kier alpha value is 0. The number of hydrogen-bond acceptors (Lipinski definition) is 0. The van der Waals surface area contributed by atoms with Crippen molar-refractivity contribution in [3.63, 3.8) is 0 Å². The molecule has 2 spiro atoms. The first-order valence-corrected chi connectivity index (χ1v) is 8.77. The summed E-state index contributed by atoms with van der Waals surface area (Å²) in [4.78, 5) is 0. The number of rotatable bonds is 0. The molecule has 0 nitrogen and oxygen atoms in total. The zero-order chi connectivity index (χ0) is 11.5. The molecule has 8 rings (SSSR count). The molecule has 0 heteroatoms. The van der Waals surface area contributed by atoms with Crippen LogP contribution in [0.5, 0.6) is 0 Å². The molecule has 0 N–H and O–H groups in total. The Morgan fingerprint density at radius 3 is 1.11 bits per heavy atom. The van der Waals surface area contributed by atoms with Gasteiger partial charge in [0.25, 0.3) is 0 Å². The first kappa shape index (κ1) is 9.83. The molecule has 8 fully saturated rings. The van der Waals surface area contributed by atoms with Crippen LogP contribution in [-0.4, -0.2) is 0 Å². The minimum atomic E-state index is 0.898. The molecule has 0 aliphatic heterocycles. The molecule has 0 aromatic rings. The summed E-state index contributed by atoms with van der Waals surface area (Å²) in [6.45, 7) is 0. The van der Waals surface area contributed by atoms with E-state index in [2.05, 4.69) is 0 Å². The van der Waals surface area contributed by atoms with E-state index in [9.17, 15) is 0 Å². The van der Waals surface area contributed by atoms with Crippen LogP contribution in [-0.2, 0) is 0 Å². The Balaban J connectivity index is 1.58. The zero-order valence-electron chi connectivity index (χ0n) is 11.5. The largest absolute Gasteiger partial charge is 0.0475 e.